The van der Waals surface area contributed by atoms with Crippen LogP contribution >= 0.6 is 35.0 Å². The van der Waals surface area contributed by atoms with Gasteiger partial charge in [-0.25, -0.2) is 4.98 Å². The second-order valence-electron chi connectivity index (χ2n) is 6.76. The van der Waals surface area contributed by atoms with E-state index in [1.807, 2.05) is 35.9 Å². The van der Waals surface area contributed by atoms with Gasteiger partial charge in [0.05, 0.1) is 22.0 Å². The normalized spacial score (nSPS) is 15.8. The number of aryl methyl sites for hydroxylation is 1. The van der Waals surface area contributed by atoms with E-state index in [2.05, 4.69) is 15.6 Å². The second kappa shape index (κ2) is 8.26. The molecular formula is C20H18Cl2N4O2S. The maximum absolute atomic E-state index is 12.3. The minimum Gasteiger partial charge on any atom is -0.356 e. The molecule has 0 aliphatic carbocycles. The van der Waals surface area contributed by atoms with Gasteiger partial charge < -0.3 is 15.2 Å². The Morgan fingerprint density at radius 2 is 2.00 bits per heavy atom. The van der Waals surface area contributed by atoms with Crippen LogP contribution in [-0.4, -0.2) is 33.2 Å². The molecular weight excluding hydrogens is 431 g/mol. The zero-order chi connectivity index (χ0) is 20.5. The zero-order valence-corrected chi connectivity index (χ0v) is 17.9. The number of amides is 2. The van der Waals surface area contributed by atoms with Crippen LogP contribution in [0.1, 0.15) is 12.2 Å². The predicted molar refractivity (Wildman–Crippen MR) is 117 cm³/mol. The summed E-state index contributed by atoms with van der Waals surface area (Å²) >= 11 is 13.4. The predicted octanol–water partition coefficient (Wildman–Crippen LogP) is 4.04. The smallest absolute Gasteiger partial charge is 0.238 e. The first-order chi connectivity index (χ1) is 13.9. The minimum absolute atomic E-state index is 0.108. The molecule has 0 saturated heterocycles. The molecule has 0 unspecified atom stereocenters. The van der Waals surface area contributed by atoms with Crippen molar-refractivity contribution in [2.45, 2.75) is 23.0 Å². The molecule has 0 fully saturated rings. The van der Waals surface area contributed by atoms with Gasteiger partial charge in [-0.05, 0) is 36.4 Å². The molecule has 2 N–H and O–H groups in total. The average molecular weight is 449 g/mol. The van der Waals surface area contributed by atoms with Crippen molar-refractivity contribution in [2.75, 3.05) is 11.9 Å². The fourth-order valence-electron chi connectivity index (χ4n) is 3.26. The number of halogens is 2. The van der Waals surface area contributed by atoms with Crippen molar-refractivity contribution in [3.8, 4) is 0 Å². The van der Waals surface area contributed by atoms with E-state index in [1.54, 1.807) is 12.1 Å². The number of carbonyl (C=O) groups is 2. The number of imidazole rings is 1. The lowest BCUT2D eigenvalue weighted by Gasteiger charge is -2.23. The standard InChI is InChI=1S/C20H18Cl2N4O2S/c1-26-15-4-2-11(21)8-13(15)24-18(26)6-7-23-19(27)10-17-20(28)25-14-9-12(22)3-5-16(14)29-17/h2-5,8-9,17H,6-7,10H2,1H3,(H,23,27)(H,25,28)/t17-/m0/s1. The number of fused-ring (bicyclic) bond motifs is 2. The van der Waals surface area contributed by atoms with Crippen LogP contribution in [0.25, 0.3) is 11.0 Å². The van der Waals surface area contributed by atoms with Gasteiger partial charge in [-0.2, -0.15) is 0 Å². The largest absolute Gasteiger partial charge is 0.356 e. The third kappa shape index (κ3) is 4.37. The Hall–Kier alpha value is -2.22. The Morgan fingerprint density at radius 1 is 1.24 bits per heavy atom. The summed E-state index contributed by atoms with van der Waals surface area (Å²) in [7, 11) is 1.94. The number of hydrogen-bond donors (Lipinski definition) is 2. The van der Waals surface area contributed by atoms with Crippen LogP contribution in [0.15, 0.2) is 41.3 Å². The molecule has 0 radical (unpaired) electrons. The van der Waals surface area contributed by atoms with Crippen LogP contribution in [-0.2, 0) is 23.1 Å². The molecule has 150 valence electrons. The summed E-state index contributed by atoms with van der Waals surface area (Å²) in [5, 5.41) is 6.43. The fraction of sp³-hybridized carbons (Fsp3) is 0.250. The molecule has 1 atom stereocenters. The van der Waals surface area contributed by atoms with Crippen molar-refractivity contribution in [1.82, 2.24) is 14.9 Å². The van der Waals surface area contributed by atoms with Gasteiger partial charge in [0.1, 0.15) is 5.82 Å². The van der Waals surface area contributed by atoms with Crippen molar-refractivity contribution < 1.29 is 9.59 Å². The molecule has 4 rings (SSSR count). The number of aromatic nitrogens is 2. The number of anilines is 1. The van der Waals surface area contributed by atoms with Gasteiger partial charge in [0, 0.05) is 41.4 Å². The maximum atomic E-state index is 12.3. The highest BCUT2D eigenvalue weighted by Crippen LogP contribution is 2.38. The summed E-state index contributed by atoms with van der Waals surface area (Å²) < 4.78 is 1.99. The van der Waals surface area contributed by atoms with Crippen LogP contribution in [0.2, 0.25) is 10.0 Å². The Kier molecular flexibility index (Phi) is 5.72. The highest BCUT2D eigenvalue weighted by molar-refractivity contribution is 8.01. The van der Waals surface area contributed by atoms with E-state index >= 15 is 0 Å². The van der Waals surface area contributed by atoms with Crippen LogP contribution in [0.5, 0.6) is 0 Å². The first-order valence-corrected chi connectivity index (χ1v) is 10.7. The number of thioether (sulfide) groups is 1. The minimum atomic E-state index is -0.471. The second-order valence-corrected chi connectivity index (χ2v) is 8.88. The molecule has 1 aliphatic rings. The van der Waals surface area contributed by atoms with Gasteiger partial charge in [-0.3, -0.25) is 9.59 Å². The van der Waals surface area contributed by atoms with Crippen LogP contribution in [0.4, 0.5) is 5.69 Å². The molecule has 1 aromatic heterocycles. The summed E-state index contributed by atoms with van der Waals surface area (Å²) in [6.45, 7) is 0.439. The lowest BCUT2D eigenvalue weighted by molar-refractivity contribution is -0.124. The van der Waals surface area contributed by atoms with Gasteiger partial charge in [-0.15, -0.1) is 11.8 Å². The molecule has 0 spiro atoms. The van der Waals surface area contributed by atoms with Crippen LogP contribution < -0.4 is 10.6 Å². The molecule has 2 aromatic carbocycles. The molecule has 1 aliphatic heterocycles. The van der Waals surface area contributed by atoms with Gasteiger partial charge >= 0.3 is 0 Å². The molecule has 2 heterocycles. The van der Waals surface area contributed by atoms with Gasteiger partial charge in [0.2, 0.25) is 11.8 Å². The Labute approximate surface area is 182 Å². The van der Waals surface area contributed by atoms with E-state index in [0.29, 0.717) is 28.7 Å². The van der Waals surface area contributed by atoms with Crippen molar-refractivity contribution >= 4 is 63.5 Å². The summed E-state index contributed by atoms with van der Waals surface area (Å²) in [5.74, 6) is 0.502. The zero-order valence-electron chi connectivity index (χ0n) is 15.5. The molecule has 3 aromatic rings. The molecule has 29 heavy (non-hydrogen) atoms. The monoisotopic (exact) mass is 448 g/mol. The molecule has 2 amide bonds. The number of hydrogen-bond acceptors (Lipinski definition) is 4. The first-order valence-electron chi connectivity index (χ1n) is 9.05. The van der Waals surface area contributed by atoms with Crippen molar-refractivity contribution in [3.05, 3.63) is 52.3 Å². The van der Waals surface area contributed by atoms with E-state index < -0.39 is 5.25 Å². The van der Waals surface area contributed by atoms with Crippen molar-refractivity contribution in [2.24, 2.45) is 7.05 Å². The topological polar surface area (TPSA) is 76.0 Å². The Bertz CT molecular complexity index is 1120. The quantitative estimate of drug-likeness (QED) is 0.617. The van der Waals surface area contributed by atoms with E-state index in [0.717, 1.165) is 21.8 Å². The van der Waals surface area contributed by atoms with Crippen molar-refractivity contribution in [1.29, 1.82) is 0 Å². The molecule has 0 bridgehead atoms. The molecule has 9 heteroatoms. The first kappa shape index (κ1) is 20.1. The Morgan fingerprint density at radius 3 is 2.83 bits per heavy atom. The molecule has 6 nitrogen and oxygen atoms in total. The number of nitrogens with zero attached hydrogens (tertiary/aromatic N) is 2. The highest BCUT2D eigenvalue weighted by atomic mass is 35.5. The van der Waals surface area contributed by atoms with E-state index in [1.165, 1.54) is 11.8 Å². The number of rotatable bonds is 5. The number of carbonyl (C=O) groups excluding carboxylic acids is 2. The summed E-state index contributed by atoms with van der Waals surface area (Å²) in [5.41, 5.74) is 2.51. The van der Waals surface area contributed by atoms with Crippen LogP contribution in [0.3, 0.4) is 0 Å². The lowest BCUT2D eigenvalue weighted by atomic mass is 10.2. The third-order valence-corrected chi connectivity index (χ3v) is 6.48. The maximum Gasteiger partial charge on any atom is 0.238 e. The lowest BCUT2D eigenvalue weighted by Crippen LogP contribution is -2.35. The average Bonchev–Trinajstić information content (AvgIpc) is 2.97. The fourth-order valence-corrected chi connectivity index (χ4v) is 4.69. The Balaban J connectivity index is 1.33. The molecule has 0 saturated carbocycles. The van der Waals surface area contributed by atoms with Crippen LogP contribution in [0, 0.1) is 0 Å². The van der Waals surface area contributed by atoms with Gasteiger partial charge in [-0.1, -0.05) is 23.2 Å². The van der Waals surface area contributed by atoms with E-state index in [4.69, 9.17) is 23.2 Å². The summed E-state index contributed by atoms with van der Waals surface area (Å²) in [4.78, 5) is 30.1. The third-order valence-electron chi connectivity index (χ3n) is 4.74. The highest BCUT2D eigenvalue weighted by Gasteiger charge is 2.29. The van der Waals surface area contributed by atoms with Crippen molar-refractivity contribution in [3.63, 3.8) is 0 Å². The SMILES string of the molecule is Cn1c(CCNC(=O)C[C@@H]2Sc3ccc(Cl)cc3NC2=O)nc2cc(Cl)ccc21. The van der Waals surface area contributed by atoms with Gasteiger partial charge in [0.15, 0.2) is 0 Å². The van der Waals surface area contributed by atoms with E-state index in [9.17, 15) is 9.59 Å². The van der Waals surface area contributed by atoms with Gasteiger partial charge in [0.25, 0.3) is 0 Å². The number of nitrogens with one attached hydrogen (secondary N) is 2. The summed E-state index contributed by atoms with van der Waals surface area (Å²) in [6, 6.07) is 10.9. The summed E-state index contributed by atoms with van der Waals surface area (Å²) in [6.07, 6.45) is 0.691. The van der Waals surface area contributed by atoms with E-state index in [-0.39, 0.29) is 18.2 Å². The number of benzene rings is 2.